The summed E-state index contributed by atoms with van der Waals surface area (Å²) in [6.07, 6.45) is 6.04. The molecule has 17 heavy (non-hydrogen) atoms. The number of hydrogen-bond acceptors (Lipinski definition) is 1. The summed E-state index contributed by atoms with van der Waals surface area (Å²) in [4.78, 5) is 13.6. The van der Waals surface area contributed by atoms with Gasteiger partial charge in [0.1, 0.15) is 5.82 Å². The van der Waals surface area contributed by atoms with E-state index in [1.54, 1.807) is 17.9 Å². The maximum Gasteiger partial charge on any atom is 0.254 e. The van der Waals surface area contributed by atoms with Gasteiger partial charge in [-0.15, -0.1) is 6.42 Å². The van der Waals surface area contributed by atoms with E-state index in [0.29, 0.717) is 12.1 Å². The quantitative estimate of drug-likeness (QED) is 0.732. The minimum atomic E-state index is -0.398. The SMILES string of the molecule is C#CCN(CCC)C(=O)c1cc(C)cc(F)c1. The number of terminal acetylenes is 1. The molecule has 90 valence electrons. The Bertz CT molecular complexity index is 428. The van der Waals surface area contributed by atoms with Crippen LogP contribution in [-0.4, -0.2) is 23.9 Å². The highest BCUT2D eigenvalue weighted by atomic mass is 19.1. The normalized spacial score (nSPS) is 9.76. The van der Waals surface area contributed by atoms with Crippen molar-refractivity contribution in [3.05, 3.63) is 35.1 Å². The Morgan fingerprint density at radius 3 is 2.71 bits per heavy atom. The molecular formula is C14H16FNO. The molecule has 1 aromatic rings. The first kappa shape index (κ1) is 13.2. The van der Waals surface area contributed by atoms with E-state index in [0.717, 1.165) is 12.0 Å². The number of hydrogen-bond donors (Lipinski definition) is 0. The van der Waals surface area contributed by atoms with Gasteiger partial charge in [0.05, 0.1) is 6.54 Å². The van der Waals surface area contributed by atoms with E-state index in [-0.39, 0.29) is 12.5 Å². The lowest BCUT2D eigenvalue weighted by Gasteiger charge is -2.19. The molecule has 0 saturated heterocycles. The molecule has 1 amide bonds. The number of benzene rings is 1. The fourth-order valence-corrected chi connectivity index (χ4v) is 1.67. The first-order chi connectivity index (χ1) is 8.08. The van der Waals surface area contributed by atoms with Gasteiger partial charge < -0.3 is 4.90 Å². The van der Waals surface area contributed by atoms with Gasteiger partial charge in [0.15, 0.2) is 0 Å². The number of amides is 1. The zero-order valence-electron chi connectivity index (χ0n) is 10.2. The van der Waals surface area contributed by atoms with E-state index >= 15 is 0 Å². The molecule has 1 rings (SSSR count). The summed E-state index contributed by atoms with van der Waals surface area (Å²) >= 11 is 0. The second kappa shape index (κ2) is 6.05. The number of rotatable bonds is 4. The zero-order valence-corrected chi connectivity index (χ0v) is 10.2. The van der Waals surface area contributed by atoms with Crippen LogP contribution in [0.2, 0.25) is 0 Å². The molecule has 2 nitrogen and oxygen atoms in total. The monoisotopic (exact) mass is 233 g/mol. The first-order valence-corrected chi connectivity index (χ1v) is 5.58. The molecule has 0 bridgehead atoms. The smallest absolute Gasteiger partial charge is 0.254 e. The van der Waals surface area contributed by atoms with Crippen LogP contribution in [0, 0.1) is 25.1 Å². The first-order valence-electron chi connectivity index (χ1n) is 5.58. The molecule has 0 radical (unpaired) electrons. The summed E-state index contributed by atoms with van der Waals surface area (Å²) in [5.41, 5.74) is 1.08. The van der Waals surface area contributed by atoms with Crippen molar-refractivity contribution >= 4 is 5.91 Å². The maximum absolute atomic E-state index is 13.2. The number of carbonyl (C=O) groups is 1. The van der Waals surface area contributed by atoms with Gasteiger partial charge in [0.25, 0.3) is 5.91 Å². The van der Waals surface area contributed by atoms with Gasteiger partial charge in [-0.25, -0.2) is 4.39 Å². The van der Waals surface area contributed by atoms with Crippen LogP contribution in [0.1, 0.15) is 29.3 Å². The molecule has 0 heterocycles. The number of aryl methyl sites for hydroxylation is 1. The minimum absolute atomic E-state index is 0.215. The lowest BCUT2D eigenvalue weighted by Crippen LogP contribution is -2.32. The van der Waals surface area contributed by atoms with E-state index < -0.39 is 5.82 Å². The molecule has 0 aliphatic heterocycles. The molecule has 0 spiro atoms. The molecular weight excluding hydrogens is 217 g/mol. The van der Waals surface area contributed by atoms with Crippen LogP contribution >= 0.6 is 0 Å². The number of carbonyl (C=O) groups excluding carboxylic acids is 1. The topological polar surface area (TPSA) is 20.3 Å². The molecule has 1 aromatic carbocycles. The molecule has 0 atom stereocenters. The Labute approximate surface area is 101 Å². The largest absolute Gasteiger partial charge is 0.328 e. The van der Waals surface area contributed by atoms with E-state index in [1.165, 1.54) is 12.1 Å². The van der Waals surface area contributed by atoms with Crippen LogP contribution in [0.4, 0.5) is 4.39 Å². The summed E-state index contributed by atoms with van der Waals surface area (Å²) in [5.74, 6) is 1.83. The highest BCUT2D eigenvalue weighted by molar-refractivity contribution is 5.94. The van der Waals surface area contributed by atoms with Crippen LogP contribution in [-0.2, 0) is 0 Å². The second-order valence-electron chi connectivity index (χ2n) is 3.95. The lowest BCUT2D eigenvalue weighted by atomic mass is 10.1. The molecule has 0 saturated carbocycles. The predicted molar refractivity (Wildman–Crippen MR) is 66.2 cm³/mol. The zero-order chi connectivity index (χ0) is 12.8. The Balaban J connectivity index is 2.96. The van der Waals surface area contributed by atoms with Crippen LogP contribution < -0.4 is 0 Å². The molecule has 0 unspecified atom stereocenters. The van der Waals surface area contributed by atoms with Gasteiger partial charge in [-0.1, -0.05) is 12.8 Å². The Kier molecular flexibility index (Phi) is 4.71. The number of halogens is 1. The van der Waals surface area contributed by atoms with Crippen molar-refractivity contribution in [1.29, 1.82) is 0 Å². The molecule has 0 aliphatic carbocycles. The van der Waals surface area contributed by atoms with Crippen molar-refractivity contribution in [1.82, 2.24) is 4.90 Å². The van der Waals surface area contributed by atoms with E-state index in [9.17, 15) is 9.18 Å². The standard InChI is InChI=1S/C14H16FNO/c1-4-6-16(7-5-2)14(17)12-8-11(3)9-13(15)10-12/h1,8-10H,5-7H2,2-3H3. The summed E-state index contributed by atoms with van der Waals surface area (Å²) in [7, 11) is 0. The Hall–Kier alpha value is -1.82. The van der Waals surface area contributed by atoms with Gasteiger partial charge in [-0.2, -0.15) is 0 Å². The van der Waals surface area contributed by atoms with Crippen molar-refractivity contribution < 1.29 is 9.18 Å². The lowest BCUT2D eigenvalue weighted by molar-refractivity contribution is 0.0776. The fourth-order valence-electron chi connectivity index (χ4n) is 1.67. The summed E-state index contributed by atoms with van der Waals surface area (Å²) in [6, 6.07) is 4.31. The van der Waals surface area contributed by atoms with Gasteiger partial charge in [0.2, 0.25) is 0 Å². The summed E-state index contributed by atoms with van der Waals surface area (Å²) in [5, 5.41) is 0. The van der Waals surface area contributed by atoms with E-state index in [4.69, 9.17) is 6.42 Å². The molecule has 0 fully saturated rings. The average molecular weight is 233 g/mol. The summed E-state index contributed by atoms with van der Waals surface area (Å²) < 4.78 is 13.2. The van der Waals surface area contributed by atoms with Gasteiger partial charge in [-0.3, -0.25) is 4.79 Å². The van der Waals surface area contributed by atoms with Crippen molar-refractivity contribution in [2.75, 3.05) is 13.1 Å². The third-order valence-electron chi connectivity index (χ3n) is 2.35. The van der Waals surface area contributed by atoms with Crippen LogP contribution in [0.25, 0.3) is 0 Å². The molecule has 0 aromatic heterocycles. The third kappa shape index (κ3) is 3.60. The number of nitrogens with zero attached hydrogens (tertiary/aromatic N) is 1. The van der Waals surface area contributed by atoms with Crippen LogP contribution in [0.3, 0.4) is 0 Å². The Morgan fingerprint density at radius 1 is 1.47 bits per heavy atom. The van der Waals surface area contributed by atoms with Crippen molar-refractivity contribution in [2.45, 2.75) is 20.3 Å². The summed E-state index contributed by atoms with van der Waals surface area (Å²) in [6.45, 7) is 4.56. The third-order valence-corrected chi connectivity index (χ3v) is 2.35. The van der Waals surface area contributed by atoms with Gasteiger partial charge in [-0.05, 0) is 37.1 Å². The average Bonchev–Trinajstić information content (AvgIpc) is 2.26. The predicted octanol–water partition coefficient (Wildman–Crippen LogP) is 2.62. The molecule has 0 aliphatic rings. The van der Waals surface area contributed by atoms with Gasteiger partial charge >= 0.3 is 0 Å². The van der Waals surface area contributed by atoms with Crippen molar-refractivity contribution in [2.24, 2.45) is 0 Å². The maximum atomic E-state index is 13.2. The van der Waals surface area contributed by atoms with Crippen LogP contribution in [0.5, 0.6) is 0 Å². The highest BCUT2D eigenvalue weighted by Gasteiger charge is 2.14. The van der Waals surface area contributed by atoms with E-state index in [1.807, 2.05) is 6.92 Å². The Morgan fingerprint density at radius 2 is 2.18 bits per heavy atom. The molecule has 0 N–H and O–H groups in total. The second-order valence-corrected chi connectivity index (χ2v) is 3.95. The highest BCUT2D eigenvalue weighted by Crippen LogP contribution is 2.11. The fraction of sp³-hybridized carbons (Fsp3) is 0.357. The van der Waals surface area contributed by atoms with Crippen LogP contribution in [0.15, 0.2) is 18.2 Å². The van der Waals surface area contributed by atoms with Crippen molar-refractivity contribution in [3.8, 4) is 12.3 Å². The minimum Gasteiger partial charge on any atom is -0.328 e. The van der Waals surface area contributed by atoms with E-state index in [2.05, 4.69) is 5.92 Å². The molecule has 3 heteroatoms. The van der Waals surface area contributed by atoms with Crippen molar-refractivity contribution in [3.63, 3.8) is 0 Å². The van der Waals surface area contributed by atoms with Gasteiger partial charge in [0, 0.05) is 12.1 Å².